The molecule has 0 aromatic rings. The molecular formula is C15H28N2. The molecule has 1 aliphatic heterocycles. The summed E-state index contributed by atoms with van der Waals surface area (Å²) in [6.45, 7) is 2.52. The fourth-order valence-electron chi connectivity index (χ4n) is 4.54. The number of nitrogens with zero attached hydrogens (tertiary/aromatic N) is 1. The Labute approximate surface area is 106 Å². The highest BCUT2D eigenvalue weighted by Gasteiger charge is 2.37. The van der Waals surface area contributed by atoms with Gasteiger partial charge in [0, 0.05) is 18.6 Å². The van der Waals surface area contributed by atoms with Crippen molar-refractivity contribution in [3.8, 4) is 0 Å². The minimum atomic E-state index is 0.457. The molecule has 0 spiro atoms. The minimum Gasteiger partial charge on any atom is -0.326 e. The van der Waals surface area contributed by atoms with E-state index in [1.807, 2.05) is 0 Å². The van der Waals surface area contributed by atoms with Gasteiger partial charge in [-0.1, -0.05) is 25.7 Å². The first-order chi connectivity index (χ1) is 8.34. The zero-order valence-corrected chi connectivity index (χ0v) is 11.1. The Morgan fingerprint density at radius 2 is 1.65 bits per heavy atom. The van der Waals surface area contributed by atoms with Gasteiger partial charge in [0.25, 0.3) is 0 Å². The van der Waals surface area contributed by atoms with E-state index >= 15 is 0 Å². The smallest absolute Gasteiger partial charge is 0.0196 e. The number of hydrogen-bond donors (Lipinski definition) is 1. The van der Waals surface area contributed by atoms with E-state index in [4.69, 9.17) is 5.73 Å². The fraction of sp³-hybridized carbons (Fsp3) is 1.00. The molecule has 1 saturated heterocycles. The van der Waals surface area contributed by atoms with Gasteiger partial charge in [0.1, 0.15) is 0 Å². The molecule has 3 unspecified atom stereocenters. The summed E-state index contributed by atoms with van der Waals surface area (Å²) in [5, 5.41) is 0. The molecule has 2 heteroatoms. The van der Waals surface area contributed by atoms with Crippen LogP contribution in [0.25, 0.3) is 0 Å². The van der Waals surface area contributed by atoms with Crippen LogP contribution in [0.3, 0.4) is 0 Å². The lowest BCUT2D eigenvalue weighted by atomic mass is 9.85. The van der Waals surface area contributed by atoms with Gasteiger partial charge in [-0.2, -0.15) is 0 Å². The third kappa shape index (κ3) is 2.53. The van der Waals surface area contributed by atoms with Crippen LogP contribution in [0.5, 0.6) is 0 Å². The van der Waals surface area contributed by atoms with Gasteiger partial charge in [0.15, 0.2) is 0 Å². The van der Waals surface area contributed by atoms with Gasteiger partial charge in [-0.15, -0.1) is 0 Å². The zero-order chi connectivity index (χ0) is 11.7. The molecule has 3 aliphatic rings. The van der Waals surface area contributed by atoms with E-state index < -0.39 is 0 Å². The van der Waals surface area contributed by atoms with Crippen LogP contribution in [-0.2, 0) is 0 Å². The molecular weight excluding hydrogens is 208 g/mol. The van der Waals surface area contributed by atoms with Crippen LogP contribution < -0.4 is 5.73 Å². The Hall–Kier alpha value is -0.0800. The predicted octanol–water partition coefficient (Wildman–Crippen LogP) is 2.77. The van der Waals surface area contributed by atoms with Crippen molar-refractivity contribution in [2.75, 3.05) is 13.1 Å². The van der Waals surface area contributed by atoms with Crippen molar-refractivity contribution in [2.24, 2.45) is 17.6 Å². The second-order valence-corrected chi connectivity index (χ2v) is 6.60. The van der Waals surface area contributed by atoms with Gasteiger partial charge in [-0.25, -0.2) is 0 Å². The summed E-state index contributed by atoms with van der Waals surface area (Å²) in [6, 6.07) is 1.36. The van der Waals surface area contributed by atoms with Gasteiger partial charge in [-0.3, -0.25) is 4.90 Å². The number of fused-ring (bicyclic) bond motifs is 1. The lowest BCUT2D eigenvalue weighted by Crippen LogP contribution is -2.45. The number of likely N-dealkylation sites (tertiary alicyclic amines) is 1. The Kier molecular flexibility index (Phi) is 3.72. The van der Waals surface area contributed by atoms with Crippen molar-refractivity contribution in [3.05, 3.63) is 0 Å². The summed E-state index contributed by atoms with van der Waals surface area (Å²) in [5.74, 6) is 1.84. The van der Waals surface area contributed by atoms with E-state index in [2.05, 4.69) is 4.90 Å². The molecule has 3 atom stereocenters. The van der Waals surface area contributed by atoms with Crippen LogP contribution >= 0.6 is 0 Å². The molecule has 0 amide bonds. The molecule has 2 N–H and O–H groups in total. The van der Waals surface area contributed by atoms with E-state index in [1.54, 1.807) is 0 Å². The van der Waals surface area contributed by atoms with E-state index in [-0.39, 0.29) is 0 Å². The minimum absolute atomic E-state index is 0.457. The lowest BCUT2D eigenvalue weighted by molar-refractivity contribution is 0.162. The Balaban J connectivity index is 1.54. The van der Waals surface area contributed by atoms with Crippen LogP contribution in [0.1, 0.15) is 57.8 Å². The lowest BCUT2D eigenvalue weighted by Gasteiger charge is -2.34. The maximum Gasteiger partial charge on any atom is 0.0196 e. The SMILES string of the molecule is NC(CN1CCC2CCCCC21)C1CCCC1. The molecule has 2 aliphatic carbocycles. The molecule has 3 fully saturated rings. The maximum atomic E-state index is 6.44. The van der Waals surface area contributed by atoms with Crippen molar-refractivity contribution in [1.82, 2.24) is 4.90 Å². The maximum absolute atomic E-state index is 6.44. The Morgan fingerprint density at radius 3 is 2.47 bits per heavy atom. The summed E-state index contributed by atoms with van der Waals surface area (Å²) in [6.07, 6.45) is 12.9. The second-order valence-electron chi connectivity index (χ2n) is 6.60. The number of rotatable bonds is 3. The normalized spacial score (nSPS) is 37.2. The Morgan fingerprint density at radius 1 is 0.941 bits per heavy atom. The molecule has 1 heterocycles. The van der Waals surface area contributed by atoms with Crippen LogP contribution in [-0.4, -0.2) is 30.1 Å². The van der Waals surface area contributed by atoms with Crippen molar-refractivity contribution in [1.29, 1.82) is 0 Å². The molecule has 0 aromatic carbocycles. The zero-order valence-electron chi connectivity index (χ0n) is 11.1. The highest BCUT2D eigenvalue weighted by molar-refractivity contribution is 4.92. The highest BCUT2D eigenvalue weighted by atomic mass is 15.2. The molecule has 3 rings (SSSR count). The quantitative estimate of drug-likeness (QED) is 0.816. The first kappa shape index (κ1) is 12.0. The van der Waals surface area contributed by atoms with Crippen LogP contribution in [0.4, 0.5) is 0 Å². The largest absolute Gasteiger partial charge is 0.326 e. The highest BCUT2D eigenvalue weighted by Crippen LogP contribution is 2.37. The first-order valence-electron chi connectivity index (χ1n) is 7.84. The van der Waals surface area contributed by atoms with E-state index in [9.17, 15) is 0 Å². The van der Waals surface area contributed by atoms with E-state index in [0.717, 1.165) is 17.9 Å². The van der Waals surface area contributed by atoms with E-state index in [1.165, 1.54) is 70.9 Å². The van der Waals surface area contributed by atoms with Gasteiger partial charge in [0.2, 0.25) is 0 Å². The molecule has 0 radical (unpaired) electrons. The average Bonchev–Trinajstić information content (AvgIpc) is 2.98. The molecule has 98 valence electrons. The molecule has 0 bridgehead atoms. The van der Waals surface area contributed by atoms with Crippen LogP contribution in [0, 0.1) is 11.8 Å². The second kappa shape index (κ2) is 5.27. The predicted molar refractivity (Wildman–Crippen MR) is 71.9 cm³/mol. The number of hydrogen-bond acceptors (Lipinski definition) is 2. The first-order valence-corrected chi connectivity index (χ1v) is 7.84. The summed E-state index contributed by atoms with van der Waals surface area (Å²) in [5.41, 5.74) is 6.44. The number of nitrogens with two attached hydrogens (primary N) is 1. The molecule has 17 heavy (non-hydrogen) atoms. The Bertz CT molecular complexity index is 247. The monoisotopic (exact) mass is 236 g/mol. The standard InChI is InChI=1S/C15H28N2/c16-14(12-5-1-2-6-12)11-17-10-9-13-7-3-4-8-15(13)17/h12-15H,1-11,16H2. The molecule has 2 saturated carbocycles. The summed E-state index contributed by atoms with van der Waals surface area (Å²) in [4.78, 5) is 2.74. The fourth-order valence-corrected chi connectivity index (χ4v) is 4.54. The van der Waals surface area contributed by atoms with Crippen molar-refractivity contribution < 1.29 is 0 Å². The van der Waals surface area contributed by atoms with Crippen molar-refractivity contribution >= 4 is 0 Å². The summed E-state index contributed by atoms with van der Waals surface area (Å²) in [7, 11) is 0. The van der Waals surface area contributed by atoms with Gasteiger partial charge in [0.05, 0.1) is 0 Å². The molecule has 2 nitrogen and oxygen atoms in total. The van der Waals surface area contributed by atoms with Crippen LogP contribution in [0.15, 0.2) is 0 Å². The van der Waals surface area contributed by atoms with Gasteiger partial charge < -0.3 is 5.73 Å². The third-order valence-corrected chi connectivity index (χ3v) is 5.58. The third-order valence-electron chi connectivity index (χ3n) is 5.58. The van der Waals surface area contributed by atoms with E-state index in [0.29, 0.717) is 6.04 Å². The van der Waals surface area contributed by atoms with Crippen molar-refractivity contribution in [2.45, 2.75) is 69.9 Å². The molecule has 0 aromatic heterocycles. The van der Waals surface area contributed by atoms with Gasteiger partial charge >= 0.3 is 0 Å². The summed E-state index contributed by atoms with van der Waals surface area (Å²) < 4.78 is 0. The van der Waals surface area contributed by atoms with Crippen LogP contribution in [0.2, 0.25) is 0 Å². The summed E-state index contributed by atoms with van der Waals surface area (Å²) >= 11 is 0. The topological polar surface area (TPSA) is 29.3 Å². The van der Waals surface area contributed by atoms with Crippen molar-refractivity contribution in [3.63, 3.8) is 0 Å². The van der Waals surface area contributed by atoms with Gasteiger partial charge in [-0.05, 0) is 50.5 Å². The average molecular weight is 236 g/mol.